The van der Waals surface area contributed by atoms with Crippen LogP contribution in [0.15, 0.2) is 158 Å². The third-order valence-electron chi connectivity index (χ3n) is 8.83. The van der Waals surface area contributed by atoms with E-state index >= 15 is 0 Å². The lowest BCUT2D eigenvalue weighted by atomic mass is 9.91. The quantitative estimate of drug-likeness (QED) is 0.159. The normalized spacial score (nSPS) is 11.6. The standard InChI is InChI=1S/C42H26N2/c1-2-13-30(14-3-1)42-43-38(36-20-10-16-29-22-21-28-12-5-8-18-33(28)40(29)36)26-39(44-42)41-34-19-9-6-15-31(34)25-37-32-17-7-4-11-27(32)23-24-35(37)41/h1-26H. The summed E-state index contributed by atoms with van der Waals surface area (Å²) in [5.41, 5.74) is 5.07. The van der Waals surface area contributed by atoms with Crippen LogP contribution < -0.4 is 0 Å². The lowest BCUT2D eigenvalue weighted by Crippen LogP contribution is -1.98. The van der Waals surface area contributed by atoms with E-state index in [2.05, 4.69) is 152 Å². The van der Waals surface area contributed by atoms with E-state index in [1.54, 1.807) is 0 Å². The van der Waals surface area contributed by atoms with Crippen LogP contribution in [-0.2, 0) is 0 Å². The molecule has 0 saturated heterocycles. The van der Waals surface area contributed by atoms with Gasteiger partial charge in [0, 0.05) is 16.7 Å². The molecule has 2 heteroatoms. The molecule has 44 heavy (non-hydrogen) atoms. The van der Waals surface area contributed by atoms with Gasteiger partial charge in [0.05, 0.1) is 11.4 Å². The fourth-order valence-electron chi connectivity index (χ4n) is 6.80. The van der Waals surface area contributed by atoms with Gasteiger partial charge >= 0.3 is 0 Å². The fourth-order valence-corrected chi connectivity index (χ4v) is 6.80. The lowest BCUT2D eigenvalue weighted by Gasteiger charge is -2.16. The lowest BCUT2D eigenvalue weighted by molar-refractivity contribution is 1.19. The summed E-state index contributed by atoms with van der Waals surface area (Å²) in [6.07, 6.45) is 0. The van der Waals surface area contributed by atoms with E-state index in [1.165, 1.54) is 53.9 Å². The average Bonchev–Trinajstić information content (AvgIpc) is 3.10. The van der Waals surface area contributed by atoms with Gasteiger partial charge in [-0.15, -0.1) is 0 Å². The van der Waals surface area contributed by atoms with Crippen molar-refractivity contribution in [1.82, 2.24) is 9.97 Å². The van der Waals surface area contributed by atoms with Gasteiger partial charge in [-0.2, -0.15) is 0 Å². The number of hydrogen-bond donors (Lipinski definition) is 0. The molecule has 0 aliphatic heterocycles. The number of rotatable bonds is 3. The van der Waals surface area contributed by atoms with Gasteiger partial charge in [0.2, 0.25) is 0 Å². The van der Waals surface area contributed by atoms with E-state index < -0.39 is 0 Å². The van der Waals surface area contributed by atoms with Crippen LogP contribution in [0.5, 0.6) is 0 Å². The topological polar surface area (TPSA) is 25.8 Å². The first-order valence-electron chi connectivity index (χ1n) is 15.0. The predicted octanol–water partition coefficient (Wildman–Crippen LogP) is 11.2. The van der Waals surface area contributed by atoms with Crippen LogP contribution in [0.2, 0.25) is 0 Å². The molecule has 0 saturated carbocycles. The zero-order valence-electron chi connectivity index (χ0n) is 23.9. The summed E-state index contributed by atoms with van der Waals surface area (Å²) in [4.78, 5) is 10.6. The smallest absolute Gasteiger partial charge is 0.160 e. The fraction of sp³-hybridized carbons (Fsp3) is 0. The Morgan fingerprint density at radius 1 is 0.341 bits per heavy atom. The molecule has 2 nitrogen and oxygen atoms in total. The largest absolute Gasteiger partial charge is 0.228 e. The number of nitrogens with zero attached hydrogens (tertiary/aromatic N) is 2. The molecule has 0 atom stereocenters. The molecule has 0 aliphatic rings. The third kappa shape index (κ3) is 3.89. The first kappa shape index (κ1) is 24.7. The highest BCUT2D eigenvalue weighted by Gasteiger charge is 2.18. The van der Waals surface area contributed by atoms with E-state index in [0.29, 0.717) is 0 Å². The molecule has 0 unspecified atom stereocenters. The van der Waals surface area contributed by atoms with Crippen LogP contribution in [0.3, 0.4) is 0 Å². The second-order valence-electron chi connectivity index (χ2n) is 11.4. The zero-order valence-corrected chi connectivity index (χ0v) is 23.9. The summed E-state index contributed by atoms with van der Waals surface area (Å²) in [5, 5.41) is 12.1. The first-order chi connectivity index (χ1) is 21.8. The van der Waals surface area contributed by atoms with Crippen LogP contribution in [0.1, 0.15) is 0 Å². The summed E-state index contributed by atoms with van der Waals surface area (Å²) in [5.74, 6) is 0.720. The van der Waals surface area contributed by atoms with Gasteiger partial charge in [-0.25, -0.2) is 9.97 Å². The molecule has 0 radical (unpaired) electrons. The number of fused-ring (bicyclic) bond motifs is 7. The molecular weight excluding hydrogens is 532 g/mol. The van der Waals surface area contributed by atoms with Gasteiger partial charge in [-0.3, -0.25) is 0 Å². The monoisotopic (exact) mass is 558 g/mol. The molecule has 0 bridgehead atoms. The first-order valence-corrected chi connectivity index (χ1v) is 15.0. The Morgan fingerprint density at radius 3 is 1.80 bits per heavy atom. The Labute approximate surface area is 254 Å². The van der Waals surface area contributed by atoms with Crippen molar-refractivity contribution in [1.29, 1.82) is 0 Å². The van der Waals surface area contributed by atoms with Crippen molar-refractivity contribution in [2.24, 2.45) is 0 Å². The van der Waals surface area contributed by atoms with Crippen LogP contribution in [-0.4, -0.2) is 9.97 Å². The SMILES string of the molecule is c1ccc(-c2nc(-c3c4ccccc4cc4c3ccc3ccccc34)cc(-c3cccc4ccc5ccccc5c34)n2)cc1. The van der Waals surface area contributed by atoms with Crippen LogP contribution >= 0.6 is 0 Å². The maximum atomic E-state index is 5.31. The molecule has 0 aliphatic carbocycles. The van der Waals surface area contributed by atoms with Crippen molar-refractivity contribution in [2.45, 2.75) is 0 Å². The van der Waals surface area contributed by atoms with Gasteiger partial charge in [-0.1, -0.05) is 146 Å². The number of hydrogen-bond acceptors (Lipinski definition) is 2. The van der Waals surface area contributed by atoms with E-state index in [9.17, 15) is 0 Å². The van der Waals surface area contributed by atoms with E-state index in [4.69, 9.17) is 9.97 Å². The molecule has 0 fully saturated rings. The highest BCUT2D eigenvalue weighted by Crippen LogP contribution is 2.41. The predicted molar refractivity (Wildman–Crippen MR) is 186 cm³/mol. The zero-order chi connectivity index (χ0) is 29.0. The molecule has 9 aromatic rings. The van der Waals surface area contributed by atoms with Crippen molar-refractivity contribution < 1.29 is 0 Å². The third-order valence-corrected chi connectivity index (χ3v) is 8.83. The van der Waals surface area contributed by atoms with Crippen molar-refractivity contribution in [3.05, 3.63) is 158 Å². The molecule has 1 aromatic heterocycles. The highest BCUT2D eigenvalue weighted by molar-refractivity contribution is 6.20. The van der Waals surface area contributed by atoms with Crippen molar-refractivity contribution in [3.8, 4) is 33.9 Å². The Morgan fingerprint density at radius 2 is 0.955 bits per heavy atom. The second-order valence-corrected chi connectivity index (χ2v) is 11.4. The van der Waals surface area contributed by atoms with Crippen LogP contribution in [0.4, 0.5) is 0 Å². The Kier molecular flexibility index (Phi) is 5.54. The minimum absolute atomic E-state index is 0.720. The molecule has 8 aromatic carbocycles. The minimum Gasteiger partial charge on any atom is -0.228 e. The number of benzene rings is 8. The van der Waals surface area contributed by atoms with E-state index in [0.717, 1.165) is 33.9 Å². The Bertz CT molecular complexity index is 2550. The molecule has 204 valence electrons. The van der Waals surface area contributed by atoms with Crippen LogP contribution in [0.25, 0.3) is 87.8 Å². The second kappa shape index (κ2) is 9.86. The van der Waals surface area contributed by atoms with Gasteiger partial charge in [-0.05, 0) is 66.0 Å². The molecule has 0 spiro atoms. The highest BCUT2D eigenvalue weighted by atomic mass is 14.9. The number of aromatic nitrogens is 2. The molecule has 0 amide bonds. The van der Waals surface area contributed by atoms with Gasteiger partial charge in [0.1, 0.15) is 0 Å². The molecular formula is C42H26N2. The van der Waals surface area contributed by atoms with E-state index in [1.807, 2.05) is 6.07 Å². The Balaban J connectivity index is 1.42. The molecule has 9 rings (SSSR count). The van der Waals surface area contributed by atoms with E-state index in [-0.39, 0.29) is 0 Å². The molecule has 0 N–H and O–H groups in total. The molecule has 1 heterocycles. The summed E-state index contributed by atoms with van der Waals surface area (Å²) in [6, 6.07) is 56.2. The maximum absolute atomic E-state index is 5.31. The maximum Gasteiger partial charge on any atom is 0.160 e. The summed E-state index contributed by atoms with van der Waals surface area (Å²) < 4.78 is 0. The van der Waals surface area contributed by atoms with Gasteiger partial charge in [0.15, 0.2) is 5.82 Å². The average molecular weight is 559 g/mol. The summed E-state index contributed by atoms with van der Waals surface area (Å²) in [6.45, 7) is 0. The van der Waals surface area contributed by atoms with Crippen molar-refractivity contribution >= 4 is 53.9 Å². The van der Waals surface area contributed by atoms with Gasteiger partial charge in [0.25, 0.3) is 0 Å². The summed E-state index contributed by atoms with van der Waals surface area (Å²) in [7, 11) is 0. The van der Waals surface area contributed by atoms with Crippen molar-refractivity contribution in [2.75, 3.05) is 0 Å². The van der Waals surface area contributed by atoms with Gasteiger partial charge < -0.3 is 0 Å². The van der Waals surface area contributed by atoms with Crippen molar-refractivity contribution in [3.63, 3.8) is 0 Å². The van der Waals surface area contributed by atoms with Crippen LogP contribution in [0, 0.1) is 0 Å². The summed E-state index contributed by atoms with van der Waals surface area (Å²) >= 11 is 0. The Hall–Kier alpha value is -5.86. The minimum atomic E-state index is 0.720.